The maximum absolute atomic E-state index is 14.9. The maximum Gasteiger partial charge on any atom is 0.163 e. The van der Waals surface area contributed by atoms with Crippen LogP contribution in [0.1, 0.15) is 128 Å². The van der Waals surface area contributed by atoms with Gasteiger partial charge in [0.1, 0.15) is 5.78 Å². The molecule has 41 heavy (non-hydrogen) atoms. The predicted molar refractivity (Wildman–Crippen MR) is 169 cm³/mol. The molecule has 0 aromatic carbocycles. The molecule has 230 valence electrons. The second kappa shape index (κ2) is 10.6. The van der Waals surface area contributed by atoms with E-state index < -0.39 is 11.3 Å². The standard InChI is InChI=1S/C38H60O3/c1-21(2)28-17-27(16-22(3)14-15-35(8,9)10)24(5)31-29(28)19-36(11)20-37(12)18-23(4)30(26(7)39)34(41)38(37,13)25(6)32(36)33(31)40/h21,23-24,27-31H,3,14-20H2,1-2,4-13H3. The fourth-order valence-electron chi connectivity index (χ4n) is 10.8. The Bertz CT molecular complexity index is 1150. The molecule has 3 heteroatoms. The van der Waals surface area contributed by atoms with Crippen molar-refractivity contribution < 1.29 is 14.4 Å². The van der Waals surface area contributed by atoms with E-state index in [2.05, 4.69) is 82.7 Å². The van der Waals surface area contributed by atoms with E-state index in [1.807, 2.05) is 0 Å². The number of rotatable bonds is 6. The quantitative estimate of drug-likeness (QED) is 0.238. The van der Waals surface area contributed by atoms with Crippen molar-refractivity contribution in [2.75, 3.05) is 0 Å². The number of fused-ring (bicyclic) bond motifs is 3. The van der Waals surface area contributed by atoms with Crippen LogP contribution >= 0.6 is 0 Å². The normalized spacial score (nSPS) is 43.0. The van der Waals surface area contributed by atoms with Crippen molar-refractivity contribution in [3.63, 3.8) is 0 Å². The molecule has 10 unspecified atom stereocenters. The van der Waals surface area contributed by atoms with Crippen LogP contribution in [0.3, 0.4) is 0 Å². The third-order valence-corrected chi connectivity index (χ3v) is 13.0. The van der Waals surface area contributed by atoms with E-state index in [0.717, 1.165) is 49.7 Å². The van der Waals surface area contributed by atoms with Crippen LogP contribution in [-0.4, -0.2) is 17.3 Å². The van der Waals surface area contributed by atoms with Gasteiger partial charge in [0, 0.05) is 11.5 Å². The Kier molecular flexibility index (Phi) is 8.37. The van der Waals surface area contributed by atoms with Crippen molar-refractivity contribution in [2.45, 2.75) is 128 Å². The Balaban J connectivity index is 1.76. The number of carbonyl (C=O) groups excluding carboxylic acids is 3. The molecule has 3 fully saturated rings. The molecule has 0 heterocycles. The fraction of sp³-hybridized carbons (Fsp3) is 0.816. The molecule has 0 saturated heterocycles. The first-order valence-corrected chi connectivity index (χ1v) is 16.7. The van der Waals surface area contributed by atoms with Gasteiger partial charge < -0.3 is 0 Å². The molecule has 10 atom stereocenters. The highest BCUT2D eigenvalue weighted by Gasteiger charge is 2.67. The number of hydrogen-bond acceptors (Lipinski definition) is 3. The van der Waals surface area contributed by atoms with Crippen LogP contribution in [0.5, 0.6) is 0 Å². The molecule has 0 spiro atoms. The van der Waals surface area contributed by atoms with Gasteiger partial charge in [-0.3, -0.25) is 14.4 Å². The summed E-state index contributed by atoms with van der Waals surface area (Å²) in [5.41, 5.74) is 2.29. The lowest BCUT2D eigenvalue weighted by Crippen LogP contribution is -2.62. The molecule has 3 nitrogen and oxygen atoms in total. The number of allylic oxidation sites excluding steroid dienone is 3. The summed E-state index contributed by atoms with van der Waals surface area (Å²) in [6, 6.07) is 0. The minimum absolute atomic E-state index is 0.00349. The molecule has 4 aliphatic carbocycles. The van der Waals surface area contributed by atoms with E-state index in [1.165, 1.54) is 12.0 Å². The SMILES string of the molecule is C=C(CCC(C)(C)C)CC1CC(C(C)C)C2CC3(C)CC4(C)CC(C)C(C(C)=O)C(=O)C4(C)C(C)=C3C(=O)C2C1C. The van der Waals surface area contributed by atoms with E-state index >= 15 is 0 Å². The Labute approximate surface area is 251 Å². The molecule has 3 saturated carbocycles. The van der Waals surface area contributed by atoms with Gasteiger partial charge in [-0.05, 0) is 117 Å². The number of Topliss-reactive ketones (excluding diaryl/α,β-unsaturated/α-hetero) is 3. The molecular weight excluding hydrogens is 504 g/mol. The van der Waals surface area contributed by atoms with Gasteiger partial charge in [-0.1, -0.05) is 80.0 Å². The smallest absolute Gasteiger partial charge is 0.163 e. The molecule has 4 rings (SSSR count). The monoisotopic (exact) mass is 564 g/mol. The summed E-state index contributed by atoms with van der Waals surface area (Å²) in [7, 11) is 0. The van der Waals surface area contributed by atoms with E-state index in [9.17, 15) is 14.4 Å². The van der Waals surface area contributed by atoms with E-state index in [0.29, 0.717) is 40.8 Å². The largest absolute Gasteiger partial charge is 0.299 e. The average molecular weight is 565 g/mol. The van der Waals surface area contributed by atoms with Gasteiger partial charge in [0.25, 0.3) is 0 Å². The van der Waals surface area contributed by atoms with Gasteiger partial charge in [0.15, 0.2) is 11.6 Å². The summed E-state index contributed by atoms with van der Waals surface area (Å²) in [6.45, 7) is 30.9. The lowest BCUT2D eigenvalue weighted by molar-refractivity contribution is -0.157. The van der Waals surface area contributed by atoms with Gasteiger partial charge in [-0.2, -0.15) is 0 Å². The van der Waals surface area contributed by atoms with Gasteiger partial charge in [-0.25, -0.2) is 0 Å². The highest BCUT2D eigenvalue weighted by Crippen LogP contribution is 2.69. The third-order valence-electron chi connectivity index (χ3n) is 13.0. The zero-order chi connectivity index (χ0) is 31.0. The van der Waals surface area contributed by atoms with Crippen molar-refractivity contribution in [1.29, 1.82) is 0 Å². The summed E-state index contributed by atoms with van der Waals surface area (Å²) < 4.78 is 0. The number of hydrogen-bond donors (Lipinski definition) is 0. The lowest BCUT2D eigenvalue weighted by Gasteiger charge is -2.64. The van der Waals surface area contributed by atoms with Gasteiger partial charge in [0.2, 0.25) is 0 Å². The highest BCUT2D eigenvalue weighted by atomic mass is 16.2. The van der Waals surface area contributed by atoms with Crippen molar-refractivity contribution in [2.24, 2.45) is 69.0 Å². The summed E-state index contributed by atoms with van der Waals surface area (Å²) >= 11 is 0. The second-order valence-corrected chi connectivity index (χ2v) is 17.6. The summed E-state index contributed by atoms with van der Waals surface area (Å²) in [5, 5.41) is 0. The van der Waals surface area contributed by atoms with Crippen LogP contribution < -0.4 is 0 Å². The predicted octanol–water partition coefficient (Wildman–Crippen LogP) is 9.45. The highest BCUT2D eigenvalue weighted by molar-refractivity contribution is 6.09. The summed E-state index contributed by atoms with van der Waals surface area (Å²) in [6.07, 6.45) is 7.13. The zero-order valence-corrected chi connectivity index (χ0v) is 28.5. The molecule has 0 radical (unpaired) electrons. The van der Waals surface area contributed by atoms with Crippen LogP contribution in [0, 0.1) is 69.0 Å². The first-order valence-electron chi connectivity index (χ1n) is 16.7. The van der Waals surface area contributed by atoms with Crippen molar-refractivity contribution in [3.8, 4) is 0 Å². The van der Waals surface area contributed by atoms with Crippen LogP contribution in [0.4, 0.5) is 0 Å². The van der Waals surface area contributed by atoms with Crippen LogP contribution in [0.25, 0.3) is 0 Å². The molecule has 4 aliphatic rings. The Hall–Kier alpha value is -1.51. The van der Waals surface area contributed by atoms with E-state index in [4.69, 9.17) is 0 Å². The molecule has 0 aliphatic heterocycles. The minimum Gasteiger partial charge on any atom is -0.299 e. The van der Waals surface area contributed by atoms with E-state index in [1.54, 1.807) is 6.92 Å². The zero-order valence-electron chi connectivity index (χ0n) is 28.5. The van der Waals surface area contributed by atoms with Crippen LogP contribution in [0.15, 0.2) is 23.3 Å². The number of carbonyl (C=O) groups is 3. The Morgan fingerprint density at radius 3 is 2.22 bits per heavy atom. The average Bonchev–Trinajstić information content (AvgIpc) is 2.80. The maximum atomic E-state index is 14.9. The molecular formula is C38H60O3. The Morgan fingerprint density at radius 2 is 1.68 bits per heavy atom. The molecule has 0 N–H and O–H groups in total. The lowest BCUT2D eigenvalue weighted by atomic mass is 9.38. The molecule has 0 bridgehead atoms. The molecule has 0 aromatic heterocycles. The van der Waals surface area contributed by atoms with Crippen molar-refractivity contribution in [3.05, 3.63) is 23.3 Å². The van der Waals surface area contributed by atoms with Gasteiger partial charge in [0.05, 0.1) is 11.3 Å². The third kappa shape index (κ3) is 5.18. The van der Waals surface area contributed by atoms with Crippen molar-refractivity contribution >= 4 is 17.3 Å². The number of ketones is 3. The molecule has 0 aromatic rings. The summed E-state index contributed by atoms with van der Waals surface area (Å²) in [4.78, 5) is 41.9. The van der Waals surface area contributed by atoms with Crippen molar-refractivity contribution in [1.82, 2.24) is 0 Å². The first-order chi connectivity index (χ1) is 18.7. The van der Waals surface area contributed by atoms with E-state index in [-0.39, 0.29) is 34.2 Å². The van der Waals surface area contributed by atoms with Crippen LogP contribution in [0.2, 0.25) is 0 Å². The first kappa shape index (κ1) is 32.4. The van der Waals surface area contributed by atoms with Gasteiger partial charge >= 0.3 is 0 Å². The molecule has 0 amide bonds. The van der Waals surface area contributed by atoms with Gasteiger partial charge in [-0.15, -0.1) is 0 Å². The summed E-state index contributed by atoms with van der Waals surface area (Å²) in [5.74, 6) is 2.01. The Morgan fingerprint density at radius 1 is 1.07 bits per heavy atom. The fourth-order valence-corrected chi connectivity index (χ4v) is 10.8. The van der Waals surface area contributed by atoms with Crippen LogP contribution in [-0.2, 0) is 14.4 Å². The topological polar surface area (TPSA) is 51.2 Å². The second-order valence-electron chi connectivity index (χ2n) is 17.6. The minimum atomic E-state index is -0.775.